The molecule has 1 aromatic heterocycles. The number of rotatable bonds is 10. The molecule has 10 nitrogen and oxygen atoms in total. The summed E-state index contributed by atoms with van der Waals surface area (Å²) in [5.74, 6) is -0.711. The van der Waals surface area contributed by atoms with Gasteiger partial charge in [0.25, 0.3) is 0 Å². The fourth-order valence-electron chi connectivity index (χ4n) is 1.72. The maximum absolute atomic E-state index is 11.6. The van der Waals surface area contributed by atoms with E-state index in [1.807, 2.05) is 0 Å². The molecule has 22 heavy (non-hydrogen) atoms. The zero-order valence-corrected chi connectivity index (χ0v) is 12.9. The third-order valence-corrected chi connectivity index (χ3v) is 2.85. The molecule has 0 aromatic carbocycles. The van der Waals surface area contributed by atoms with Crippen LogP contribution < -0.4 is 5.43 Å². The number of tetrazole rings is 1. The molecular weight excluding hydrogens is 290 g/mol. The summed E-state index contributed by atoms with van der Waals surface area (Å²) in [6, 6.07) is 0. The highest BCUT2D eigenvalue weighted by Crippen LogP contribution is 2.04. The highest BCUT2D eigenvalue weighted by Gasteiger charge is 2.15. The van der Waals surface area contributed by atoms with E-state index in [1.165, 1.54) is 12.8 Å². The Balaban J connectivity index is 2.29. The van der Waals surface area contributed by atoms with E-state index in [0.717, 1.165) is 24.1 Å². The Bertz CT molecular complexity index is 527. The van der Waals surface area contributed by atoms with E-state index in [2.05, 4.69) is 32.9 Å². The van der Waals surface area contributed by atoms with Crippen molar-refractivity contribution in [3.05, 3.63) is 10.1 Å². The Hall–Kier alpha value is -2.39. The van der Waals surface area contributed by atoms with Crippen LogP contribution in [0.3, 0.4) is 0 Å². The minimum atomic E-state index is -0.726. The largest absolute Gasteiger partial charge is 0.514 e. The van der Waals surface area contributed by atoms with Crippen molar-refractivity contribution < 1.29 is 9.72 Å². The predicted octanol–water partition coefficient (Wildman–Crippen LogP) is 1.43. The summed E-state index contributed by atoms with van der Waals surface area (Å²) < 4.78 is 0. The third kappa shape index (κ3) is 6.86. The number of unbranched alkanes of at least 4 members (excludes halogenated alkanes) is 4. The molecular formula is C12H21N7O3. The molecule has 10 heteroatoms. The van der Waals surface area contributed by atoms with Crippen molar-refractivity contribution in [3.63, 3.8) is 0 Å². The summed E-state index contributed by atoms with van der Waals surface area (Å²) in [7, 11) is 0. The number of carbonyl (C=O) groups excluding carboxylic acids is 1. The molecule has 0 fully saturated rings. The Kier molecular flexibility index (Phi) is 7.65. The van der Waals surface area contributed by atoms with Crippen LogP contribution in [0.15, 0.2) is 5.10 Å². The molecule has 0 bridgehead atoms. The molecule has 0 aliphatic carbocycles. The number of amides is 1. The zero-order valence-electron chi connectivity index (χ0n) is 12.9. The Morgan fingerprint density at radius 1 is 1.36 bits per heavy atom. The quantitative estimate of drug-likeness (QED) is 0.301. The van der Waals surface area contributed by atoms with Gasteiger partial charge in [-0.2, -0.15) is 5.10 Å². The summed E-state index contributed by atoms with van der Waals surface area (Å²) in [6.07, 6.45) is 5.82. The maximum atomic E-state index is 11.6. The molecule has 0 spiro atoms. The standard InChI is InChI=1S/C12H21N7O3/c1-3-4-5-6-7-8-11(20)14-13-10(2)9-18-16-12(15-17-18)19(21)22/h3-9H2,1-2H3,(H,14,20)/b13-10-. The first-order chi connectivity index (χ1) is 10.5. The van der Waals surface area contributed by atoms with Gasteiger partial charge < -0.3 is 10.1 Å². The van der Waals surface area contributed by atoms with Crippen LogP contribution in [0.5, 0.6) is 0 Å². The number of hydrazone groups is 1. The van der Waals surface area contributed by atoms with E-state index in [1.54, 1.807) is 6.92 Å². The van der Waals surface area contributed by atoms with Gasteiger partial charge in [0.05, 0.1) is 15.9 Å². The summed E-state index contributed by atoms with van der Waals surface area (Å²) >= 11 is 0. The highest BCUT2D eigenvalue weighted by atomic mass is 16.6. The Morgan fingerprint density at radius 2 is 2.09 bits per heavy atom. The van der Waals surface area contributed by atoms with Crippen molar-refractivity contribution >= 4 is 17.6 Å². The average Bonchev–Trinajstić information content (AvgIpc) is 2.93. The zero-order chi connectivity index (χ0) is 16.4. The molecule has 0 saturated carbocycles. The van der Waals surface area contributed by atoms with Crippen molar-refractivity contribution in [2.75, 3.05) is 0 Å². The number of nitrogens with one attached hydrogen (secondary N) is 1. The molecule has 1 heterocycles. The first-order valence-corrected chi connectivity index (χ1v) is 7.27. The van der Waals surface area contributed by atoms with E-state index in [-0.39, 0.29) is 12.5 Å². The fourth-order valence-corrected chi connectivity index (χ4v) is 1.72. The minimum absolute atomic E-state index is 0.123. The SMILES string of the molecule is CCCCCCCC(=O)N/N=C(/C)Cn1nnc([N+](=O)[O-])n1. The molecule has 0 radical (unpaired) electrons. The van der Waals surface area contributed by atoms with Gasteiger partial charge in [-0.05, 0) is 18.3 Å². The van der Waals surface area contributed by atoms with Crippen molar-refractivity contribution in [2.45, 2.75) is 58.9 Å². The molecule has 122 valence electrons. The lowest BCUT2D eigenvalue weighted by Gasteiger charge is -2.01. The molecule has 1 rings (SSSR count). The minimum Gasteiger partial charge on any atom is -0.390 e. The van der Waals surface area contributed by atoms with Gasteiger partial charge in [0.1, 0.15) is 6.54 Å². The van der Waals surface area contributed by atoms with Gasteiger partial charge >= 0.3 is 5.95 Å². The normalized spacial score (nSPS) is 11.5. The van der Waals surface area contributed by atoms with E-state index in [0.29, 0.717) is 12.1 Å². The van der Waals surface area contributed by atoms with Crippen LogP contribution in [0.1, 0.15) is 52.4 Å². The van der Waals surface area contributed by atoms with E-state index < -0.39 is 10.9 Å². The van der Waals surface area contributed by atoms with Gasteiger partial charge in [0.2, 0.25) is 5.91 Å². The first-order valence-electron chi connectivity index (χ1n) is 7.27. The smallest absolute Gasteiger partial charge is 0.390 e. The second-order valence-electron chi connectivity index (χ2n) is 4.92. The number of hydrogen-bond acceptors (Lipinski definition) is 7. The van der Waals surface area contributed by atoms with Crippen molar-refractivity contribution in [3.8, 4) is 0 Å². The number of nitro groups is 1. The number of carbonyl (C=O) groups is 1. The van der Waals surface area contributed by atoms with Crippen LogP contribution in [0.2, 0.25) is 0 Å². The number of nitrogens with zero attached hydrogens (tertiary/aromatic N) is 6. The highest BCUT2D eigenvalue weighted by molar-refractivity contribution is 5.84. The Labute approximate surface area is 128 Å². The van der Waals surface area contributed by atoms with Crippen LogP contribution in [0, 0.1) is 10.1 Å². The molecule has 0 atom stereocenters. The molecule has 1 aromatic rings. The van der Waals surface area contributed by atoms with Gasteiger partial charge in [-0.25, -0.2) is 5.43 Å². The van der Waals surface area contributed by atoms with Crippen molar-refractivity contribution in [2.24, 2.45) is 5.10 Å². The van der Waals surface area contributed by atoms with Gasteiger partial charge in [0, 0.05) is 11.6 Å². The van der Waals surface area contributed by atoms with E-state index >= 15 is 0 Å². The third-order valence-electron chi connectivity index (χ3n) is 2.85. The monoisotopic (exact) mass is 311 g/mol. The van der Waals surface area contributed by atoms with Gasteiger partial charge in [-0.15, -0.1) is 0 Å². The molecule has 0 aliphatic rings. The van der Waals surface area contributed by atoms with Crippen LogP contribution in [-0.4, -0.2) is 36.7 Å². The van der Waals surface area contributed by atoms with Crippen LogP contribution >= 0.6 is 0 Å². The maximum Gasteiger partial charge on any atom is 0.514 e. The number of hydrogen-bond donors (Lipinski definition) is 1. The lowest BCUT2D eigenvalue weighted by atomic mass is 10.1. The fraction of sp³-hybridized carbons (Fsp3) is 0.750. The predicted molar refractivity (Wildman–Crippen MR) is 79.1 cm³/mol. The van der Waals surface area contributed by atoms with Crippen LogP contribution in [0.4, 0.5) is 5.95 Å². The first kappa shape index (κ1) is 17.7. The second kappa shape index (κ2) is 9.53. The summed E-state index contributed by atoms with van der Waals surface area (Å²) in [5.41, 5.74) is 2.97. The van der Waals surface area contributed by atoms with Crippen LogP contribution in [0.25, 0.3) is 0 Å². The molecule has 0 aliphatic heterocycles. The van der Waals surface area contributed by atoms with Crippen molar-refractivity contribution in [1.29, 1.82) is 0 Å². The summed E-state index contributed by atoms with van der Waals surface area (Å²) in [6.45, 7) is 3.93. The molecule has 0 saturated heterocycles. The number of aromatic nitrogens is 4. The molecule has 1 N–H and O–H groups in total. The summed E-state index contributed by atoms with van der Waals surface area (Å²) in [5, 5.41) is 24.7. The Morgan fingerprint density at radius 3 is 2.73 bits per heavy atom. The lowest BCUT2D eigenvalue weighted by Crippen LogP contribution is -2.20. The van der Waals surface area contributed by atoms with E-state index in [4.69, 9.17) is 0 Å². The van der Waals surface area contributed by atoms with Gasteiger partial charge in [0.15, 0.2) is 0 Å². The van der Waals surface area contributed by atoms with E-state index in [9.17, 15) is 14.9 Å². The van der Waals surface area contributed by atoms with Crippen LogP contribution in [-0.2, 0) is 11.3 Å². The average molecular weight is 311 g/mol. The van der Waals surface area contributed by atoms with Crippen molar-refractivity contribution in [1.82, 2.24) is 25.6 Å². The topological polar surface area (TPSA) is 128 Å². The summed E-state index contributed by atoms with van der Waals surface area (Å²) in [4.78, 5) is 22.3. The molecule has 1 amide bonds. The van der Waals surface area contributed by atoms with Gasteiger partial charge in [-0.3, -0.25) is 4.79 Å². The van der Waals surface area contributed by atoms with Gasteiger partial charge in [-0.1, -0.05) is 37.4 Å². The second-order valence-corrected chi connectivity index (χ2v) is 4.92. The molecule has 0 unspecified atom stereocenters. The lowest BCUT2D eigenvalue weighted by molar-refractivity contribution is -0.394.